The second-order valence-electron chi connectivity index (χ2n) is 3.96. The van der Waals surface area contributed by atoms with Gasteiger partial charge in [-0.25, -0.2) is 0 Å². The van der Waals surface area contributed by atoms with Gasteiger partial charge in [0.15, 0.2) is 0 Å². The number of rotatable bonds is 5. The molecule has 0 aromatic heterocycles. The average molecular weight is 275 g/mol. The van der Waals surface area contributed by atoms with Crippen LogP contribution in [0, 0.1) is 0 Å². The summed E-state index contributed by atoms with van der Waals surface area (Å²) in [6.07, 6.45) is 9.40. The van der Waals surface area contributed by atoms with E-state index in [4.69, 9.17) is 4.74 Å². The lowest BCUT2D eigenvalue weighted by Crippen LogP contribution is -2.23. The Morgan fingerprint density at radius 2 is 2.40 bits per heavy atom. The lowest BCUT2D eigenvalue weighted by Gasteiger charge is -2.21. The maximum atomic E-state index is 11.1. The molecule has 1 aliphatic rings. The number of hydrogen-bond donors (Lipinski definition) is 0. The van der Waals surface area contributed by atoms with Crippen LogP contribution in [0.2, 0.25) is 0 Å². The van der Waals surface area contributed by atoms with Gasteiger partial charge in [0.25, 0.3) is 0 Å². The summed E-state index contributed by atoms with van der Waals surface area (Å²) in [5.41, 5.74) is 0. The smallest absolute Gasteiger partial charge is 0.306 e. The van der Waals surface area contributed by atoms with Crippen molar-refractivity contribution in [2.45, 2.75) is 58.0 Å². The number of halogens is 1. The number of unbranched alkanes of at least 4 members (excludes halogenated alkanes) is 3. The Kier molecular flexibility index (Phi) is 5.99. The van der Waals surface area contributed by atoms with Crippen LogP contribution < -0.4 is 0 Å². The highest BCUT2D eigenvalue weighted by molar-refractivity contribution is 9.11. The number of esters is 1. The van der Waals surface area contributed by atoms with Gasteiger partial charge in [-0.3, -0.25) is 4.79 Å². The third-order valence-electron chi connectivity index (χ3n) is 2.58. The molecule has 86 valence electrons. The van der Waals surface area contributed by atoms with E-state index in [1.807, 2.05) is 0 Å². The lowest BCUT2D eigenvalue weighted by atomic mass is 10.1. The Bertz CT molecular complexity index is 236. The molecule has 1 saturated heterocycles. The minimum Gasteiger partial charge on any atom is -0.457 e. The zero-order valence-electron chi connectivity index (χ0n) is 9.30. The van der Waals surface area contributed by atoms with E-state index in [0.29, 0.717) is 6.42 Å². The van der Waals surface area contributed by atoms with Crippen molar-refractivity contribution in [1.82, 2.24) is 0 Å². The van der Waals surface area contributed by atoms with Crippen LogP contribution >= 0.6 is 15.9 Å². The number of allylic oxidation sites excluding steroid dienone is 1. The second kappa shape index (κ2) is 7.04. The van der Waals surface area contributed by atoms with Crippen LogP contribution in [-0.2, 0) is 9.53 Å². The van der Waals surface area contributed by atoms with Gasteiger partial charge in [0, 0.05) is 10.9 Å². The summed E-state index contributed by atoms with van der Waals surface area (Å²) in [6.45, 7) is 2.20. The fraction of sp³-hybridized carbons (Fsp3) is 0.750. The zero-order valence-corrected chi connectivity index (χ0v) is 10.9. The summed E-state index contributed by atoms with van der Waals surface area (Å²) in [5.74, 6) is -0.0647. The van der Waals surface area contributed by atoms with Crippen LogP contribution in [0.5, 0.6) is 0 Å². The summed E-state index contributed by atoms with van der Waals surface area (Å²) in [4.78, 5) is 11.1. The molecular formula is C12H19BrO2. The van der Waals surface area contributed by atoms with Crippen LogP contribution in [0.1, 0.15) is 51.9 Å². The van der Waals surface area contributed by atoms with Gasteiger partial charge in [0.1, 0.15) is 6.10 Å². The molecule has 0 saturated carbocycles. The monoisotopic (exact) mass is 274 g/mol. The van der Waals surface area contributed by atoms with Crippen molar-refractivity contribution < 1.29 is 9.53 Å². The molecule has 1 rings (SSSR count). The molecule has 0 amide bonds. The Morgan fingerprint density at radius 3 is 3.07 bits per heavy atom. The first kappa shape index (κ1) is 12.8. The number of carbonyl (C=O) groups is 1. The normalized spacial score (nSPS) is 22.7. The summed E-state index contributed by atoms with van der Waals surface area (Å²) in [7, 11) is 0. The molecule has 0 spiro atoms. The largest absolute Gasteiger partial charge is 0.457 e. The summed E-state index contributed by atoms with van der Waals surface area (Å²) >= 11 is 3.50. The van der Waals surface area contributed by atoms with Gasteiger partial charge in [0.05, 0.1) is 0 Å². The maximum Gasteiger partial charge on any atom is 0.306 e. The third-order valence-corrected chi connectivity index (χ3v) is 3.41. The number of hydrogen-bond acceptors (Lipinski definition) is 2. The van der Waals surface area contributed by atoms with E-state index in [-0.39, 0.29) is 12.1 Å². The second-order valence-corrected chi connectivity index (χ2v) is 4.87. The highest BCUT2D eigenvalue weighted by Crippen LogP contribution is 2.25. The fourth-order valence-corrected chi connectivity index (χ4v) is 2.22. The van der Waals surface area contributed by atoms with Crippen molar-refractivity contribution >= 4 is 21.9 Å². The van der Waals surface area contributed by atoms with Crippen molar-refractivity contribution in [2.24, 2.45) is 0 Å². The Labute approximate surface area is 100 Å². The SMILES string of the molecule is CCCCC/C=C(\Br)C1CCCC(=O)O1. The summed E-state index contributed by atoms with van der Waals surface area (Å²) in [5, 5.41) is 0. The molecule has 1 heterocycles. The van der Waals surface area contributed by atoms with E-state index in [2.05, 4.69) is 28.9 Å². The number of cyclic esters (lactones) is 1. The van der Waals surface area contributed by atoms with Gasteiger partial charge < -0.3 is 4.74 Å². The van der Waals surface area contributed by atoms with Crippen LogP contribution in [0.15, 0.2) is 10.6 Å². The quantitative estimate of drug-likeness (QED) is 0.561. The molecule has 0 aromatic carbocycles. The third kappa shape index (κ3) is 4.83. The standard InChI is InChI=1S/C12H19BrO2/c1-2-3-4-5-7-10(13)11-8-6-9-12(14)15-11/h7,11H,2-6,8-9H2,1H3/b10-7-. The highest BCUT2D eigenvalue weighted by Gasteiger charge is 2.22. The van der Waals surface area contributed by atoms with Crippen molar-refractivity contribution in [1.29, 1.82) is 0 Å². The molecule has 2 nitrogen and oxygen atoms in total. The Hall–Kier alpha value is -0.310. The fourth-order valence-electron chi connectivity index (χ4n) is 1.67. The molecule has 0 N–H and O–H groups in total. The summed E-state index contributed by atoms with van der Waals surface area (Å²) < 4.78 is 6.30. The van der Waals surface area contributed by atoms with Crippen molar-refractivity contribution in [3.05, 3.63) is 10.6 Å². The van der Waals surface area contributed by atoms with Crippen LogP contribution in [0.3, 0.4) is 0 Å². The van der Waals surface area contributed by atoms with Crippen LogP contribution in [0.25, 0.3) is 0 Å². The molecule has 1 unspecified atom stereocenters. The molecule has 3 heteroatoms. The van der Waals surface area contributed by atoms with E-state index in [9.17, 15) is 4.79 Å². The van der Waals surface area contributed by atoms with E-state index < -0.39 is 0 Å². The van der Waals surface area contributed by atoms with Gasteiger partial charge in [-0.1, -0.05) is 41.8 Å². The van der Waals surface area contributed by atoms with Gasteiger partial charge in [-0.05, 0) is 25.7 Å². The predicted molar refractivity (Wildman–Crippen MR) is 64.9 cm³/mol. The van der Waals surface area contributed by atoms with Crippen LogP contribution in [0.4, 0.5) is 0 Å². The molecule has 0 bridgehead atoms. The van der Waals surface area contributed by atoms with Crippen molar-refractivity contribution in [2.75, 3.05) is 0 Å². The van der Waals surface area contributed by atoms with E-state index in [1.165, 1.54) is 19.3 Å². The topological polar surface area (TPSA) is 26.3 Å². The molecule has 1 fully saturated rings. The lowest BCUT2D eigenvalue weighted by molar-refractivity contribution is -0.150. The molecule has 0 radical (unpaired) electrons. The Balaban J connectivity index is 2.30. The van der Waals surface area contributed by atoms with E-state index in [0.717, 1.165) is 23.7 Å². The van der Waals surface area contributed by atoms with Gasteiger partial charge in [-0.2, -0.15) is 0 Å². The molecule has 1 atom stereocenters. The number of ether oxygens (including phenoxy) is 1. The highest BCUT2D eigenvalue weighted by atomic mass is 79.9. The molecule has 1 aliphatic heterocycles. The first-order valence-electron chi connectivity index (χ1n) is 5.79. The predicted octanol–water partition coefficient (Wildman–Crippen LogP) is 3.94. The number of carbonyl (C=O) groups excluding carboxylic acids is 1. The average Bonchev–Trinajstić information content (AvgIpc) is 2.24. The first-order chi connectivity index (χ1) is 7.24. The van der Waals surface area contributed by atoms with Crippen LogP contribution in [-0.4, -0.2) is 12.1 Å². The Morgan fingerprint density at radius 1 is 1.60 bits per heavy atom. The zero-order chi connectivity index (χ0) is 11.1. The molecule has 15 heavy (non-hydrogen) atoms. The van der Waals surface area contributed by atoms with E-state index in [1.54, 1.807) is 0 Å². The minimum absolute atomic E-state index is 0.0205. The van der Waals surface area contributed by atoms with E-state index >= 15 is 0 Å². The van der Waals surface area contributed by atoms with Crippen molar-refractivity contribution in [3.63, 3.8) is 0 Å². The minimum atomic E-state index is -0.0647. The first-order valence-corrected chi connectivity index (χ1v) is 6.58. The maximum absolute atomic E-state index is 11.1. The van der Waals surface area contributed by atoms with Crippen molar-refractivity contribution in [3.8, 4) is 0 Å². The van der Waals surface area contributed by atoms with Gasteiger partial charge in [-0.15, -0.1) is 0 Å². The molecule has 0 aromatic rings. The molecular weight excluding hydrogens is 256 g/mol. The van der Waals surface area contributed by atoms with Gasteiger partial charge in [0.2, 0.25) is 0 Å². The molecule has 0 aliphatic carbocycles. The summed E-state index contributed by atoms with van der Waals surface area (Å²) in [6, 6.07) is 0. The van der Waals surface area contributed by atoms with Gasteiger partial charge >= 0.3 is 5.97 Å².